The van der Waals surface area contributed by atoms with Crippen LogP contribution < -0.4 is 16.7 Å². The summed E-state index contributed by atoms with van der Waals surface area (Å²) in [7, 11) is 2.77. The van der Waals surface area contributed by atoms with E-state index in [9.17, 15) is 19.5 Å². The summed E-state index contributed by atoms with van der Waals surface area (Å²) in [6.45, 7) is 1.67. The topological polar surface area (TPSA) is 119 Å². The molecule has 1 heterocycles. The second kappa shape index (κ2) is 8.31. The SMILES string of the molecule is C/C(=N\NC(=O)CSc1nn(C)c(=O)n(C)c1=O)c1ccc2ccccc2c1O. The van der Waals surface area contributed by atoms with Crippen molar-refractivity contribution in [1.29, 1.82) is 0 Å². The van der Waals surface area contributed by atoms with Gasteiger partial charge in [-0.05, 0) is 18.4 Å². The fourth-order valence-corrected chi connectivity index (χ4v) is 3.45. The molecule has 1 amide bonds. The molecule has 9 nitrogen and oxygen atoms in total. The van der Waals surface area contributed by atoms with Gasteiger partial charge in [0.05, 0.1) is 11.5 Å². The number of aromatic nitrogens is 3. The zero-order valence-corrected chi connectivity index (χ0v) is 16.9. The first-order valence-corrected chi connectivity index (χ1v) is 9.59. The van der Waals surface area contributed by atoms with E-state index >= 15 is 0 Å². The standard InChI is InChI=1S/C19H19N5O4S/c1-11(13-9-8-12-6-4-5-7-14(12)16(13)26)20-21-15(25)10-29-17-18(27)23(2)19(28)24(3)22-17/h4-9,26H,10H2,1-3H3,(H,21,25)/b20-11+. The predicted octanol–water partition coefficient (Wildman–Crippen LogP) is 0.970. The second-order valence-corrected chi connectivity index (χ2v) is 7.24. The zero-order chi connectivity index (χ0) is 21.1. The molecule has 0 spiro atoms. The Labute approximate surface area is 169 Å². The molecular weight excluding hydrogens is 394 g/mol. The summed E-state index contributed by atoms with van der Waals surface area (Å²) >= 11 is 0.910. The molecular formula is C19H19N5O4S. The zero-order valence-electron chi connectivity index (χ0n) is 16.0. The Morgan fingerprint density at radius 1 is 1.21 bits per heavy atom. The second-order valence-electron chi connectivity index (χ2n) is 6.28. The van der Waals surface area contributed by atoms with Crippen molar-refractivity contribution >= 4 is 34.2 Å². The molecule has 3 rings (SSSR count). The van der Waals surface area contributed by atoms with Crippen LogP contribution in [-0.2, 0) is 18.9 Å². The number of amides is 1. The Kier molecular flexibility index (Phi) is 5.83. The van der Waals surface area contributed by atoms with Gasteiger partial charge >= 0.3 is 5.69 Å². The number of aromatic hydroxyl groups is 1. The van der Waals surface area contributed by atoms with Crippen LogP contribution in [-0.4, -0.2) is 36.8 Å². The molecule has 150 valence electrons. The third-order valence-electron chi connectivity index (χ3n) is 4.27. The maximum absolute atomic E-state index is 12.1. The van der Waals surface area contributed by atoms with Crippen LogP contribution in [0.25, 0.3) is 10.8 Å². The number of hydrogen-bond acceptors (Lipinski definition) is 7. The maximum Gasteiger partial charge on any atom is 0.346 e. The van der Waals surface area contributed by atoms with Gasteiger partial charge in [0, 0.05) is 25.0 Å². The smallest absolute Gasteiger partial charge is 0.346 e. The van der Waals surface area contributed by atoms with Gasteiger partial charge in [0.15, 0.2) is 5.03 Å². The number of benzene rings is 2. The quantitative estimate of drug-likeness (QED) is 0.366. The van der Waals surface area contributed by atoms with E-state index < -0.39 is 17.2 Å². The van der Waals surface area contributed by atoms with Crippen molar-refractivity contribution in [2.45, 2.75) is 11.9 Å². The Morgan fingerprint density at radius 3 is 2.69 bits per heavy atom. The van der Waals surface area contributed by atoms with Gasteiger partial charge < -0.3 is 5.11 Å². The summed E-state index contributed by atoms with van der Waals surface area (Å²) < 4.78 is 1.96. The monoisotopic (exact) mass is 413 g/mol. The van der Waals surface area contributed by atoms with Gasteiger partial charge in [-0.2, -0.15) is 10.2 Å². The van der Waals surface area contributed by atoms with Gasteiger partial charge in [-0.15, -0.1) is 0 Å². The van der Waals surface area contributed by atoms with Crippen LogP contribution in [0.15, 0.2) is 56.1 Å². The van der Waals surface area contributed by atoms with Gasteiger partial charge in [0.2, 0.25) is 5.91 Å². The number of hydrazone groups is 1. The number of carbonyl (C=O) groups is 1. The molecule has 0 aliphatic carbocycles. The number of phenols is 1. The van der Waals surface area contributed by atoms with Crippen molar-refractivity contribution in [3.8, 4) is 5.75 Å². The third-order valence-corrected chi connectivity index (χ3v) is 5.21. The molecule has 0 aliphatic rings. The normalized spacial score (nSPS) is 11.6. The van der Waals surface area contributed by atoms with Crippen molar-refractivity contribution < 1.29 is 9.90 Å². The molecule has 2 N–H and O–H groups in total. The van der Waals surface area contributed by atoms with Crippen LogP contribution in [0.1, 0.15) is 12.5 Å². The summed E-state index contributed by atoms with van der Waals surface area (Å²) in [6.07, 6.45) is 0. The molecule has 3 aromatic rings. The minimum atomic E-state index is -0.563. The summed E-state index contributed by atoms with van der Waals surface area (Å²) in [4.78, 5) is 35.8. The van der Waals surface area contributed by atoms with Crippen LogP contribution in [0.4, 0.5) is 0 Å². The molecule has 1 aromatic heterocycles. The number of nitrogens with zero attached hydrogens (tertiary/aromatic N) is 4. The number of rotatable bonds is 5. The summed E-state index contributed by atoms with van der Waals surface area (Å²) in [6, 6.07) is 11.0. The fourth-order valence-electron chi connectivity index (χ4n) is 2.68. The molecule has 0 radical (unpaired) electrons. The van der Waals surface area contributed by atoms with Gasteiger partial charge in [-0.1, -0.05) is 42.1 Å². The van der Waals surface area contributed by atoms with E-state index in [2.05, 4.69) is 15.6 Å². The number of thioether (sulfide) groups is 1. The Morgan fingerprint density at radius 2 is 1.93 bits per heavy atom. The first-order valence-electron chi connectivity index (χ1n) is 8.61. The summed E-state index contributed by atoms with van der Waals surface area (Å²) in [5.41, 5.74) is 2.23. The number of carbonyl (C=O) groups excluding carboxylic acids is 1. The lowest BCUT2D eigenvalue weighted by Gasteiger charge is -2.08. The molecule has 0 unspecified atom stereocenters. The number of aryl methyl sites for hydroxylation is 1. The van der Waals surface area contributed by atoms with Crippen LogP contribution in [0.3, 0.4) is 0 Å². The lowest BCUT2D eigenvalue weighted by molar-refractivity contribution is -0.118. The minimum Gasteiger partial charge on any atom is -0.507 e. The van der Waals surface area contributed by atoms with Crippen molar-refractivity contribution in [3.05, 3.63) is 62.8 Å². The van der Waals surface area contributed by atoms with Gasteiger partial charge in [-0.3, -0.25) is 14.2 Å². The third kappa shape index (κ3) is 4.21. The highest BCUT2D eigenvalue weighted by molar-refractivity contribution is 7.99. The molecule has 0 bridgehead atoms. The molecule has 0 saturated carbocycles. The van der Waals surface area contributed by atoms with Crippen molar-refractivity contribution in [2.24, 2.45) is 19.2 Å². The van der Waals surface area contributed by atoms with Gasteiger partial charge in [0.25, 0.3) is 5.56 Å². The molecule has 0 fully saturated rings. The van der Waals surface area contributed by atoms with Crippen LogP contribution in [0.5, 0.6) is 5.75 Å². The maximum atomic E-state index is 12.1. The van der Waals surface area contributed by atoms with E-state index in [0.717, 1.165) is 26.4 Å². The first-order chi connectivity index (χ1) is 13.8. The van der Waals surface area contributed by atoms with E-state index in [4.69, 9.17) is 0 Å². The lowest BCUT2D eigenvalue weighted by atomic mass is 10.0. The number of hydrogen-bond donors (Lipinski definition) is 2. The highest BCUT2D eigenvalue weighted by Gasteiger charge is 2.12. The summed E-state index contributed by atoms with van der Waals surface area (Å²) in [5.74, 6) is -0.473. The van der Waals surface area contributed by atoms with E-state index in [0.29, 0.717) is 16.7 Å². The average Bonchev–Trinajstić information content (AvgIpc) is 2.72. The lowest BCUT2D eigenvalue weighted by Crippen LogP contribution is -2.39. The molecule has 2 aromatic carbocycles. The molecule has 10 heteroatoms. The fraction of sp³-hybridized carbons (Fsp3) is 0.211. The van der Waals surface area contributed by atoms with E-state index in [-0.39, 0.29) is 16.5 Å². The van der Waals surface area contributed by atoms with Crippen LogP contribution in [0.2, 0.25) is 0 Å². The van der Waals surface area contributed by atoms with Crippen molar-refractivity contribution in [3.63, 3.8) is 0 Å². The average molecular weight is 413 g/mol. The van der Waals surface area contributed by atoms with Gasteiger partial charge in [0.1, 0.15) is 5.75 Å². The van der Waals surface area contributed by atoms with E-state index in [1.54, 1.807) is 19.1 Å². The van der Waals surface area contributed by atoms with Crippen molar-refractivity contribution in [2.75, 3.05) is 5.75 Å². The van der Waals surface area contributed by atoms with Crippen LogP contribution in [0, 0.1) is 0 Å². The van der Waals surface area contributed by atoms with Crippen molar-refractivity contribution in [1.82, 2.24) is 19.8 Å². The highest BCUT2D eigenvalue weighted by Crippen LogP contribution is 2.28. The predicted molar refractivity (Wildman–Crippen MR) is 111 cm³/mol. The minimum absolute atomic E-state index is 0.0395. The molecule has 0 saturated heterocycles. The number of fused-ring (bicyclic) bond motifs is 1. The Bertz CT molecular complexity index is 1250. The Balaban J connectivity index is 1.71. The molecule has 29 heavy (non-hydrogen) atoms. The Hall–Kier alpha value is -3.40. The summed E-state index contributed by atoms with van der Waals surface area (Å²) in [5, 5.41) is 20.0. The van der Waals surface area contributed by atoms with Crippen LogP contribution >= 0.6 is 11.8 Å². The number of phenolic OH excluding ortho intramolecular Hbond substituents is 1. The van der Waals surface area contributed by atoms with Gasteiger partial charge in [-0.25, -0.2) is 14.9 Å². The highest BCUT2D eigenvalue weighted by atomic mass is 32.2. The first kappa shape index (κ1) is 20.3. The van der Waals surface area contributed by atoms with E-state index in [1.807, 2.05) is 24.3 Å². The largest absolute Gasteiger partial charge is 0.507 e. The molecule has 0 atom stereocenters. The number of nitrogens with one attached hydrogen (secondary N) is 1. The molecule has 0 aliphatic heterocycles. The van der Waals surface area contributed by atoms with E-state index in [1.165, 1.54) is 14.1 Å².